The Morgan fingerprint density at radius 1 is 0.316 bits per heavy atom. The van der Waals surface area contributed by atoms with Gasteiger partial charge in [-0.25, -0.2) is 27.0 Å². The molecule has 0 saturated carbocycles. The Kier molecular flexibility index (Phi) is 20.8. The molecule has 0 bridgehead atoms. The van der Waals surface area contributed by atoms with Crippen molar-refractivity contribution in [3.63, 3.8) is 0 Å². The molecule has 0 atom stereocenters. The van der Waals surface area contributed by atoms with Gasteiger partial charge in [0.2, 0.25) is 22.8 Å². The van der Waals surface area contributed by atoms with Gasteiger partial charge in [-0.1, -0.05) is 214 Å². The molecule has 0 saturated heterocycles. The standard InChI is InChI=1S/C29H28NO.C28H23FNO.C25H19FNO.C25H20NO/c1-19(2)16-21-8-7-9-22(17-21)23-14-15-30(4)26(18-23)28-20(3)12-13-25-24-10-5-6-11-27(24)31-29(25)28;1-4-7-21-16-19(11-13-24(21)29)20-14-15-30(3)25(17-20)27-18(2)10-12-23-22-8-5-6-9-26(22)31-28(23)27;1-16-7-13-21-20-5-3-4-6-23(20)28-25(21)24(16)22-14-10-18(15-27(22)2)17-8-11-19(26)12-9-17;1-17-12-14-21-20-10-6-7-11-23(20)27-25(21)24(17)22-15-13-19(16-26(22)2)18-8-4-3-5-9-18/h5-15,17-19H,16H2,1-4H3;4-6,8-17H,1,7H2,2-3H3;3-15H,1-2H3;3-16H,1-2H3/q4*+1. The quantitative estimate of drug-likeness (QED) is 0.0903. The van der Waals surface area contributed by atoms with Gasteiger partial charge in [0, 0.05) is 90.6 Å². The van der Waals surface area contributed by atoms with E-state index >= 15 is 0 Å². The fourth-order valence-corrected chi connectivity index (χ4v) is 16.6. The van der Waals surface area contributed by atoms with Gasteiger partial charge < -0.3 is 17.7 Å². The van der Waals surface area contributed by atoms with Gasteiger partial charge in [0.15, 0.2) is 24.8 Å². The number of allylic oxidation sites excluding steroid dienone is 1. The van der Waals surface area contributed by atoms with E-state index in [1.54, 1.807) is 18.2 Å². The Bertz CT molecular complexity index is 7200. The van der Waals surface area contributed by atoms with Crippen molar-refractivity contribution in [3.8, 4) is 89.5 Å². The molecule has 0 aliphatic rings. The molecule has 117 heavy (non-hydrogen) atoms. The number of aryl methyl sites for hydroxylation is 8. The average Bonchev–Trinajstić information content (AvgIpc) is 1.64. The molecule has 8 nitrogen and oxygen atoms in total. The Labute approximate surface area is 680 Å². The molecular formula is C107H90F2N4O4+4. The molecule has 8 aromatic heterocycles. The van der Waals surface area contributed by atoms with Crippen LogP contribution in [0.4, 0.5) is 8.78 Å². The van der Waals surface area contributed by atoms with E-state index in [9.17, 15) is 8.78 Å². The minimum absolute atomic E-state index is 0.201. The molecule has 0 amide bonds. The number of aromatic nitrogens is 4. The number of hydrogen-bond donors (Lipinski definition) is 0. The van der Waals surface area contributed by atoms with Crippen LogP contribution >= 0.6 is 0 Å². The number of furan rings is 4. The van der Waals surface area contributed by atoms with E-state index in [-0.39, 0.29) is 11.6 Å². The Balaban J connectivity index is 0.000000112. The van der Waals surface area contributed by atoms with Crippen molar-refractivity contribution in [3.05, 3.63) is 374 Å². The van der Waals surface area contributed by atoms with Crippen molar-refractivity contribution >= 4 is 87.8 Å². The monoisotopic (exact) mass is 1530 g/mol. The fourth-order valence-electron chi connectivity index (χ4n) is 16.6. The predicted octanol–water partition coefficient (Wildman–Crippen LogP) is 26.4. The largest absolute Gasteiger partial charge is 0.455 e. The Hall–Kier alpha value is -14.0. The third-order valence-electron chi connectivity index (χ3n) is 22.5. The van der Waals surface area contributed by atoms with Crippen LogP contribution in [0, 0.1) is 45.2 Å². The topological polar surface area (TPSA) is 68.1 Å². The summed E-state index contributed by atoms with van der Waals surface area (Å²) in [7, 11) is 8.27. The summed E-state index contributed by atoms with van der Waals surface area (Å²) in [4.78, 5) is 0. The first kappa shape index (κ1) is 75.7. The molecule has 0 unspecified atom stereocenters. The molecule has 0 radical (unpaired) electrons. The lowest BCUT2D eigenvalue weighted by Crippen LogP contribution is -2.31. The minimum Gasteiger partial charge on any atom is -0.455 e. The molecular weight excluding hydrogens is 1440 g/mol. The second-order valence-electron chi connectivity index (χ2n) is 31.1. The van der Waals surface area contributed by atoms with Crippen molar-refractivity contribution in [1.29, 1.82) is 0 Å². The van der Waals surface area contributed by atoms with Crippen molar-refractivity contribution in [2.75, 3.05) is 0 Å². The predicted molar refractivity (Wildman–Crippen MR) is 474 cm³/mol. The van der Waals surface area contributed by atoms with Crippen LogP contribution in [0.1, 0.15) is 47.2 Å². The molecule has 572 valence electrons. The molecule has 0 N–H and O–H groups in total. The van der Waals surface area contributed by atoms with Crippen LogP contribution in [0.2, 0.25) is 0 Å². The van der Waals surface area contributed by atoms with Gasteiger partial charge >= 0.3 is 0 Å². The first-order chi connectivity index (χ1) is 56.9. The molecule has 20 aromatic rings. The number of para-hydroxylation sites is 4. The number of hydrogen-bond acceptors (Lipinski definition) is 4. The maximum atomic E-state index is 14.1. The minimum atomic E-state index is -0.225. The normalized spacial score (nSPS) is 11.4. The summed E-state index contributed by atoms with van der Waals surface area (Å²) in [5.74, 6) is 0.220. The van der Waals surface area contributed by atoms with Crippen LogP contribution in [-0.2, 0) is 41.0 Å². The molecule has 10 heteroatoms. The average molecular weight is 1530 g/mol. The van der Waals surface area contributed by atoms with Gasteiger partial charge in [0.1, 0.15) is 84.5 Å². The van der Waals surface area contributed by atoms with Gasteiger partial charge in [0.05, 0.1) is 22.3 Å². The van der Waals surface area contributed by atoms with Crippen LogP contribution in [0.25, 0.3) is 177 Å². The van der Waals surface area contributed by atoms with Gasteiger partial charge in [-0.2, -0.15) is 0 Å². The van der Waals surface area contributed by atoms with Crippen LogP contribution in [0.5, 0.6) is 0 Å². The third-order valence-corrected chi connectivity index (χ3v) is 22.5. The number of nitrogens with zero attached hydrogens (tertiary/aromatic N) is 4. The maximum absolute atomic E-state index is 14.1. The molecule has 20 rings (SSSR count). The van der Waals surface area contributed by atoms with Crippen molar-refractivity contribution in [2.24, 2.45) is 34.1 Å². The highest BCUT2D eigenvalue weighted by Crippen LogP contribution is 2.43. The number of pyridine rings is 4. The van der Waals surface area contributed by atoms with Crippen LogP contribution in [-0.4, -0.2) is 0 Å². The van der Waals surface area contributed by atoms with E-state index in [0.29, 0.717) is 17.9 Å². The second kappa shape index (κ2) is 32.1. The summed E-state index contributed by atoms with van der Waals surface area (Å²) >= 11 is 0. The van der Waals surface area contributed by atoms with E-state index in [1.165, 1.54) is 73.3 Å². The lowest BCUT2D eigenvalue weighted by atomic mass is 9.96. The number of benzene rings is 12. The molecule has 0 aliphatic carbocycles. The first-order valence-corrected chi connectivity index (χ1v) is 39.9. The number of rotatable bonds is 12. The van der Waals surface area contributed by atoms with E-state index in [0.717, 1.165) is 156 Å². The summed E-state index contributed by atoms with van der Waals surface area (Å²) in [6.07, 6.45) is 11.8. The highest BCUT2D eigenvalue weighted by molar-refractivity contribution is 6.13. The zero-order valence-corrected chi connectivity index (χ0v) is 67.5. The van der Waals surface area contributed by atoms with Crippen LogP contribution in [0.3, 0.4) is 0 Å². The lowest BCUT2D eigenvalue weighted by Gasteiger charge is -2.10. The van der Waals surface area contributed by atoms with Crippen LogP contribution in [0.15, 0.2) is 346 Å². The zero-order valence-electron chi connectivity index (χ0n) is 67.5. The summed E-state index contributed by atoms with van der Waals surface area (Å²) < 4.78 is 61.2. The smallest absolute Gasteiger partial charge is 0.216 e. The summed E-state index contributed by atoms with van der Waals surface area (Å²) in [6, 6.07) is 98.6. The Morgan fingerprint density at radius 3 is 1.07 bits per heavy atom. The lowest BCUT2D eigenvalue weighted by molar-refractivity contribution is -0.660. The maximum Gasteiger partial charge on any atom is 0.216 e. The number of fused-ring (bicyclic) bond motifs is 12. The highest BCUT2D eigenvalue weighted by Gasteiger charge is 2.27. The molecule has 0 spiro atoms. The highest BCUT2D eigenvalue weighted by atomic mass is 19.1. The van der Waals surface area contributed by atoms with Crippen molar-refractivity contribution in [2.45, 2.75) is 54.4 Å². The molecule has 12 aromatic carbocycles. The van der Waals surface area contributed by atoms with Crippen LogP contribution < -0.4 is 18.3 Å². The van der Waals surface area contributed by atoms with Crippen molar-refractivity contribution in [1.82, 2.24) is 0 Å². The molecule has 8 heterocycles. The van der Waals surface area contributed by atoms with Gasteiger partial charge in [-0.15, -0.1) is 6.58 Å². The summed E-state index contributed by atoms with van der Waals surface area (Å²) in [5, 5.41) is 9.14. The first-order valence-electron chi connectivity index (χ1n) is 39.9. The van der Waals surface area contributed by atoms with E-state index in [2.05, 4.69) is 281 Å². The third kappa shape index (κ3) is 14.9. The fraction of sp³-hybridized carbons (Fsp3) is 0.121. The van der Waals surface area contributed by atoms with E-state index in [1.807, 2.05) is 99.2 Å². The number of halogens is 2. The van der Waals surface area contributed by atoms with Gasteiger partial charge in [-0.05, 0) is 174 Å². The molecule has 0 fully saturated rings. The van der Waals surface area contributed by atoms with E-state index in [4.69, 9.17) is 17.7 Å². The molecule has 0 aliphatic heterocycles. The summed E-state index contributed by atoms with van der Waals surface area (Å²) in [6.45, 7) is 16.8. The summed E-state index contributed by atoms with van der Waals surface area (Å²) in [5.41, 5.74) is 32.0. The second-order valence-corrected chi connectivity index (χ2v) is 31.1. The van der Waals surface area contributed by atoms with Crippen molar-refractivity contribution < 1.29 is 44.7 Å². The van der Waals surface area contributed by atoms with E-state index < -0.39 is 0 Å². The van der Waals surface area contributed by atoms with Gasteiger partial charge in [0.25, 0.3) is 0 Å². The SMILES string of the molecule is C=CCc1cc(-c2cc[n+](C)c(-c3c(C)ccc4c3oc3ccccc34)c2)ccc1F.Cc1ccc2c(oc3ccccc32)c1-c1cc(-c2cccc(CC(C)C)c2)cc[n+]1C.Cc1ccc2c(oc3ccccc32)c1-c1ccc(-c2ccc(F)cc2)c[n+]1C.Cc1ccc2c(oc3ccccc32)c1-c1ccc(-c2ccccc2)c[n+]1C. The zero-order chi connectivity index (χ0) is 80.7. The Morgan fingerprint density at radius 2 is 0.667 bits per heavy atom. The van der Waals surface area contributed by atoms with Gasteiger partial charge in [-0.3, -0.25) is 0 Å².